The third kappa shape index (κ3) is 6.21. The molecule has 0 radical (unpaired) electrons. The van der Waals surface area contributed by atoms with E-state index in [1.165, 1.54) is 12.1 Å². The normalized spacial score (nSPS) is 11.1. The Morgan fingerprint density at radius 1 is 1.00 bits per heavy atom. The predicted molar refractivity (Wildman–Crippen MR) is 133 cm³/mol. The van der Waals surface area contributed by atoms with Crippen molar-refractivity contribution >= 4 is 33.2 Å². The van der Waals surface area contributed by atoms with Crippen LogP contribution in [0.15, 0.2) is 71.6 Å². The summed E-state index contributed by atoms with van der Waals surface area (Å²) in [7, 11) is -2.45. The van der Waals surface area contributed by atoms with Crippen LogP contribution in [0.1, 0.15) is 11.1 Å². The summed E-state index contributed by atoms with van der Waals surface area (Å²) in [4.78, 5) is 12.8. The molecule has 34 heavy (non-hydrogen) atoms. The van der Waals surface area contributed by atoms with Gasteiger partial charge in [-0.25, -0.2) is 8.42 Å². The lowest BCUT2D eigenvalue weighted by Crippen LogP contribution is -2.42. The van der Waals surface area contributed by atoms with E-state index in [1.807, 2.05) is 6.92 Å². The van der Waals surface area contributed by atoms with Crippen LogP contribution in [0.25, 0.3) is 0 Å². The number of carbonyl (C=O) groups excluding carboxylic acids is 1. The van der Waals surface area contributed by atoms with Crippen LogP contribution in [-0.4, -0.2) is 41.1 Å². The summed E-state index contributed by atoms with van der Waals surface area (Å²) in [6.07, 6.45) is 0. The number of amides is 1. The average molecular weight is 503 g/mol. The molecule has 180 valence electrons. The van der Waals surface area contributed by atoms with Gasteiger partial charge in [-0.15, -0.1) is 0 Å². The fraction of sp³-hybridized carbons (Fsp3) is 0.240. The number of carbonyl (C=O) groups is 1. The van der Waals surface area contributed by atoms with Crippen molar-refractivity contribution in [2.45, 2.75) is 18.7 Å². The third-order valence-electron chi connectivity index (χ3n) is 5.14. The van der Waals surface area contributed by atoms with E-state index in [2.05, 4.69) is 5.32 Å². The summed E-state index contributed by atoms with van der Waals surface area (Å²) < 4.78 is 38.8. The Balaban J connectivity index is 1.74. The quantitative estimate of drug-likeness (QED) is 0.416. The van der Waals surface area contributed by atoms with Crippen LogP contribution in [0.5, 0.6) is 11.5 Å². The van der Waals surface area contributed by atoms with E-state index >= 15 is 0 Å². The van der Waals surface area contributed by atoms with Gasteiger partial charge < -0.3 is 14.8 Å². The molecule has 0 spiro atoms. The molecule has 1 N–H and O–H groups in total. The van der Waals surface area contributed by atoms with E-state index in [1.54, 1.807) is 68.6 Å². The molecule has 3 aromatic rings. The standard InChI is InChI=1S/C25H27ClN2O5S/c1-18-10-12-22(13-11-18)34(30,31)28(24-9-5-8-23(26)19(24)2)17-25(29)27-14-15-33-21-7-4-6-20(16-21)32-3/h4-13,16H,14-15,17H2,1-3H3,(H,27,29). The van der Waals surface area contributed by atoms with Crippen molar-refractivity contribution in [3.63, 3.8) is 0 Å². The van der Waals surface area contributed by atoms with Crippen LogP contribution in [0.3, 0.4) is 0 Å². The largest absolute Gasteiger partial charge is 0.497 e. The molecule has 3 aromatic carbocycles. The molecular weight excluding hydrogens is 476 g/mol. The van der Waals surface area contributed by atoms with Gasteiger partial charge in [0.15, 0.2) is 0 Å². The van der Waals surface area contributed by atoms with E-state index in [9.17, 15) is 13.2 Å². The topological polar surface area (TPSA) is 84.9 Å². The Bertz CT molecular complexity index is 1250. The first-order chi connectivity index (χ1) is 16.2. The summed E-state index contributed by atoms with van der Waals surface area (Å²) in [5.41, 5.74) is 1.84. The zero-order valence-electron chi connectivity index (χ0n) is 19.2. The van der Waals surface area contributed by atoms with Gasteiger partial charge in [-0.3, -0.25) is 9.10 Å². The van der Waals surface area contributed by atoms with Gasteiger partial charge in [-0.05, 0) is 55.8 Å². The first-order valence-electron chi connectivity index (χ1n) is 10.6. The minimum Gasteiger partial charge on any atom is -0.497 e. The summed E-state index contributed by atoms with van der Waals surface area (Å²) in [5, 5.41) is 3.13. The third-order valence-corrected chi connectivity index (χ3v) is 7.32. The van der Waals surface area contributed by atoms with Crippen LogP contribution in [0.4, 0.5) is 5.69 Å². The molecule has 0 unspecified atom stereocenters. The molecule has 0 aliphatic carbocycles. The number of anilines is 1. The van der Waals surface area contributed by atoms with Gasteiger partial charge in [-0.2, -0.15) is 0 Å². The molecule has 7 nitrogen and oxygen atoms in total. The zero-order chi connectivity index (χ0) is 24.7. The molecule has 0 aliphatic heterocycles. The number of nitrogens with zero attached hydrogens (tertiary/aromatic N) is 1. The first-order valence-corrected chi connectivity index (χ1v) is 12.4. The molecule has 0 atom stereocenters. The Kier molecular flexibility index (Phi) is 8.41. The number of ether oxygens (including phenoxy) is 2. The number of aryl methyl sites for hydroxylation is 1. The van der Waals surface area contributed by atoms with Crippen molar-refractivity contribution < 1.29 is 22.7 Å². The van der Waals surface area contributed by atoms with Crippen LogP contribution in [0, 0.1) is 13.8 Å². The van der Waals surface area contributed by atoms with Crippen molar-refractivity contribution in [1.29, 1.82) is 0 Å². The molecular formula is C25H27ClN2O5S. The summed E-state index contributed by atoms with van der Waals surface area (Å²) in [6, 6.07) is 18.6. The molecule has 3 rings (SSSR count). The zero-order valence-corrected chi connectivity index (χ0v) is 20.8. The Hall–Kier alpha value is -3.23. The molecule has 9 heteroatoms. The smallest absolute Gasteiger partial charge is 0.264 e. The van der Waals surface area contributed by atoms with Gasteiger partial charge in [0, 0.05) is 11.1 Å². The maximum atomic E-state index is 13.5. The number of sulfonamides is 1. The fourth-order valence-electron chi connectivity index (χ4n) is 3.24. The molecule has 0 saturated heterocycles. The second kappa shape index (κ2) is 11.3. The fourth-order valence-corrected chi connectivity index (χ4v) is 4.89. The van der Waals surface area contributed by atoms with Gasteiger partial charge in [0.2, 0.25) is 5.91 Å². The van der Waals surface area contributed by atoms with Crippen molar-refractivity contribution in [1.82, 2.24) is 5.32 Å². The van der Waals surface area contributed by atoms with Gasteiger partial charge in [-0.1, -0.05) is 41.4 Å². The number of hydrogen-bond donors (Lipinski definition) is 1. The Morgan fingerprint density at radius 2 is 1.68 bits per heavy atom. The van der Waals surface area contributed by atoms with Gasteiger partial charge in [0.05, 0.1) is 24.2 Å². The van der Waals surface area contributed by atoms with Crippen LogP contribution >= 0.6 is 11.6 Å². The summed E-state index contributed by atoms with van der Waals surface area (Å²) >= 11 is 6.25. The SMILES string of the molecule is COc1cccc(OCCNC(=O)CN(c2cccc(Cl)c2C)S(=O)(=O)c2ccc(C)cc2)c1. The van der Waals surface area contributed by atoms with E-state index < -0.39 is 22.5 Å². The molecule has 0 fully saturated rings. The van der Waals surface area contributed by atoms with E-state index in [4.69, 9.17) is 21.1 Å². The monoisotopic (exact) mass is 502 g/mol. The maximum absolute atomic E-state index is 13.5. The van der Waals surface area contributed by atoms with Crippen molar-refractivity contribution in [3.8, 4) is 11.5 Å². The number of nitrogens with one attached hydrogen (secondary N) is 1. The van der Waals surface area contributed by atoms with Crippen LogP contribution < -0.4 is 19.1 Å². The number of halogens is 1. The van der Waals surface area contributed by atoms with E-state index in [0.717, 1.165) is 9.87 Å². The second-order valence-electron chi connectivity index (χ2n) is 7.59. The molecule has 0 heterocycles. The molecule has 0 aromatic heterocycles. The summed E-state index contributed by atoms with van der Waals surface area (Å²) in [6.45, 7) is 3.59. The Labute approximate surface area is 205 Å². The maximum Gasteiger partial charge on any atom is 0.264 e. The first kappa shape index (κ1) is 25.4. The Morgan fingerprint density at radius 3 is 2.38 bits per heavy atom. The number of rotatable bonds is 10. The van der Waals surface area contributed by atoms with Crippen molar-refractivity contribution in [2.75, 3.05) is 31.1 Å². The number of methoxy groups -OCH3 is 1. The van der Waals surface area contributed by atoms with E-state index in [0.29, 0.717) is 27.8 Å². The molecule has 0 aliphatic rings. The highest BCUT2D eigenvalue weighted by Gasteiger charge is 2.28. The number of benzene rings is 3. The van der Waals surface area contributed by atoms with Gasteiger partial charge in [0.25, 0.3) is 10.0 Å². The van der Waals surface area contributed by atoms with Crippen molar-refractivity contribution in [2.24, 2.45) is 0 Å². The second-order valence-corrected chi connectivity index (χ2v) is 9.86. The van der Waals surface area contributed by atoms with Gasteiger partial charge >= 0.3 is 0 Å². The lowest BCUT2D eigenvalue weighted by molar-refractivity contribution is -0.119. The van der Waals surface area contributed by atoms with Crippen LogP contribution in [-0.2, 0) is 14.8 Å². The predicted octanol–water partition coefficient (Wildman–Crippen LogP) is 4.36. The minimum atomic E-state index is -4.02. The average Bonchev–Trinajstić information content (AvgIpc) is 2.82. The van der Waals surface area contributed by atoms with Crippen molar-refractivity contribution in [3.05, 3.63) is 82.9 Å². The lowest BCUT2D eigenvalue weighted by atomic mass is 10.2. The highest BCUT2D eigenvalue weighted by molar-refractivity contribution is 7.92. The van der Waals surface area contributed by atoms with Crippen LogP contribution in [0.2, 0.25) is 5.02 Å². The van der Waals surface area contributed by atoms with Gasteiger partial charge in [0.1, 0.15) is 24.7 Å². The molecule has 1 amide bonds. The van der Waals surface area contributed by atoms with E-state index in [-0.39, 0.29) is 18.0 Å². The highest BCUT2D eigenvalue weighted by atomic mass is 35.5. The molecule has 0 saturated carbocycles. The highest BCUT2D eigenvalue weighted by Crippen LogP contribution is 2.30. The molecule has 0 bridgehead atoms. The number of hydrogen-bond acceptors (Lipinski definition) is 5. The minimum absolute atomic E-state index is 0.0895. The summed E-state index contributed by atoms with van der Waals surface area (Å²) in [5.74, 6) is 0.798. The lowest BCUT2D eigenvalue weighted by Gasteiger charge is -2.26.